The fourth-order valence-corrected chi connectivity index (χ4v) is 3.31. The second-order valence-corrected chi connectivity index (χ2v) is 6.86. The van der Waals surface area contributed by atoms with Gasteiger partial charge in [0.05, 0.1) is 37.4 Å². The number of para-hydroxylation sites is 1. The normalized spacial score (nSPS) is 18.2. The summed E-state index contributed by atoms with van der Waals surface area (Å²) >= 11 is 1.79. The minimum atomic E-state index is -0.0612. The van der Waals surface area contributed by atoms with E-state index in [9.17, 15) is 5.11 Å². The SMILES string of the molecule is CC(SCC1(CO)COC1)c1cn(-c2ccccc2)nn1. The highest BCUT2D eigenvalue weighted by Gasteiger charge is 2.38. The van der Waals surface area contributed by atoms with Crippen molar-refractivity contribution < 1.29 is 9.84 Å². The van der Waals surface area contributed by atoms with Crippen molar-refractivity contribution in [1.29, 1.82) is 0 Å². The van der Waals surface area contributed by atoms with Gasteiger partial charge in [0.1, 0.15) is 0 Å². The zero-order valence-corrected chi connectivity index (χ0v) is 12.8. The number of benzene rings is 1. The number of hydrogen-bond acceptors (Lipinski definition) is 5. The average Bonchev–Trinajstić information content (AvgIpc) is 2.97. The molecule has 0 radical (unpaired) electrons. The van der Waals surface area contributed by atoms with E-state index in [-0.39, 0.29) is 17.3 Å². The third-order valence-electron chi connectivity index (χ3n) is 3.74. The lowest BCUT2D eigenvalue weighted by Crippen LogP contribution is -2.47. The van der Waals surface area contributed by atoms with Gasteiger partial charge < -0.3 is 9.84 Å². The summed E-state index contributed by atoms with van der Waals surface area (Å²) in [7, 11) is 0. The van der Waals surface area contributed by atoms with E-state index in [1.165, 1.54) is 0 Å². The predicted octanol–water partition coefficient (Wildman–Crippen LogP) is 2.07. The van der Waals surface area contributed by atoms with Crippen LogP contribution in [-0.2, 0) is 4.74 Å². The molecule has 0 spiro atoms. The molecule has 1 aromatic carbocycles. The third-order valence-corrected chi connectivity index (χ3v) is 5.26. The Morgan fingerprint density at radius 1 is 1.38 bits per heavy atom. The molecule has 21 heavy (non-hydrogen) atoms. The molecule has 1 fully saturated rings. The highest BCUT2D eigenvalue weighted by Crippen LogP contribution is 2.36. The van der Waals surface area contributed by atoms with Crippen LogP contribution in [0.2, 0.25) is 0 Å². The van der Waals surface area contributed by atoms with Crippen molar-refractivity contribution in [2.75, 3.05) is 25.6 Å². The number of aliphatic hydroxyl groups is 1. The second kappa shape index (κ2) is 6.17. The maximum Gasteiger partial charge on any atom is 0.0958 e. The number of rotatable bonds is 6. The van der Waals surface area contributed by atoms with Gasteiger partial charge in [-0.25, -0.2) is 4.68 Å². The lowest BCUT2D eigenvalue weighted by Gasteiger charge is -2.40. The van der Waals surface area contributed by atoms with E-state index < -0.39 is 0 Å². The highest BCUT2D eigenvalue weighted by atomic mass is 32.2. The van der Waals surface area contributed by atoms with E-state index in [0.717, 1.165) is 17.1 Å². The molecule has 1 atom stereocenters. The van der Waals surface area contributed by atoms with Crippen LogP contribution in [0.25, 0.3) is 5.69 Å². The quantitative estimate of drug-likeness (QED) is 0.885. The lowest BCUT2D eigenvalue weighted by atomic mass is 9.90. The van der Waals surface area contributed by atoms with Crippen LogP contribution in [0.4, 0.5) is 0 Å². The molecular weight excluding hydrogens is 286 g/mol. The van der Waals surface area contributed by atoms with Gasteiger partial charge in [-0.15, -0.1) is 5.10 Å². The number of thioether (sulfide) groups is 1. The van der Waals surface area contributed by atoms with Gasteiger partial charge in [-0.3, -0.25) is 0 Å². The van der Waals surface area contributed by atoms with Gasteiger partial charge in [-0.2, -0.15) is 11.8 Å². The fourth-order valence-electron chi connectivity index (χ4n) is 2.17. The van der Waals surface area contributed by atoms with Gasteiger partial charge >= 0.3 is 0 Å². The summed E-state index contributed by atoms with van der Waals surface area (Å²) in [6, 6.07) is 9.95. The maximum absolute atomic E-state index is 9.45. The van der Waals surface area contributed by atoms with Crippen molar-refractivity contribution >= 4 is 11.8 Å². The van der Waals surface area contributed by atoms with Crippen LogP contribution in [0.15, 0.2) is 36.5 Å². The van der Waals surface area contributed by atoms with E-state index in [2.05, 4.69) is 17.2 Å². The van der Waals surface area contributed by atoms with Crippen LogP contribution in [0.1, 0.15) is 17.9 Å². The second-order valence-electron chi connectivity index (χ2n) is 5.53. The van der Waals surface area contributed by atoms with Crippen LogP contribution < -0.4 is 0 Å². The first-order valence-electron chi connectivity index (χ1n) is 7.00. The maximum atomic E-state index is 9.45. The van der Waals surface area contributed by atoms with E-state index >= 15 is 0 Å². The Kier molecular flexibility index (Phi) is 4.28. The van der Waals surface area contributed by atoms with Crippen molar-refractivity contribution in [3.63, 3.8) is 0 Å². The van der Waals surface area contributed by atoms with E-state index in [0.29, 0.717) is 13.2 Å². The van der Waals surface area contributed by atoms with Crippen molar-refractivity contribution in [3.8, 4) is 5.69 Å². The first-order chi connectivity index (χ1) is 10.2. The van der Waals surface area contributed by atoms with Crippen molar-refractivity contribution in [2.45, 2.75) is 12.2 Å². The lowest BCUT2D eigenvalue weighted by molar-refractivity contribution is -0.121. The molecule has 6 heteroatoms. The molecule has 0 saturated carbocycles. The first kappa shape index (κ1) is 14.6. The molecule has 1 aromatic heterocycles. The molecule has 112 valence electrons. The van der Waals surface area contributed by atoms with E-state index in [1.54, 1.807) is 16.4 Å². The van der Waals surface area contributed by atoms with Gasteiger partial charge in [-0.1, -0.05) is 23.4 Å². The summed E-state index contributed by atoms with van der Waals surface area (Å²) in [6.07, 6.45) is 1.97. The van der Waals surface area contributed by atoms with Crippen LogP contribution in [0.5, 0.6) is 0 Å². The Morgan fingerprint density at radius 3 is 2.76 bits per heavy atom. The molecule has 1 saturated heterocycles. The molecule has 1 unspecified atom stereocenters. The Labute approximate surface area is 128 Å². The summed E-state index contributed by atoms with van der Waals surface area (Å²) < 4.78 is 7.02. The molecule has 0 amide bonds. The summed E-state index contributed by atoms with van der Waals surface area (Å²) in [5, 5.41) is 18.1. The van der Waals surface area contributed by atoms with Gasteiger partial charge in [0.2, 0.25) is 0 Å². The number of aromatic nitrogens is 3. The zero-order chi connectivity index (χ0) is 14.7. The van der Waals surface area contributed by atoms with Crippen molar-refractivity contribution in [1.82, 2.24) is 15.0 Å². The van der Waals surface area contributed by atoms with Gasteiger partial charge in [0, 0.05) is 16.4 Å². The highest BCUT2D eigenvalue weighted by molar-refractivity contribution is 7.99. The van der Waals surface area contributed by atoms with Gasteiger partial charge in [-0.05, 0) is 19.1 Å². The van der Waals surface area contributed by atoms with Gasteiger partial charge in [0.15, 0.2) is 0 Å². The third kappa shape index (κ3) is 3.12. The number of aliphatic hydroxyl groups excluding tert-OH is 1. The molecule has 2 heterocycles. The van der Waals surface area contributed by atoms with Crippen molar-refractivity contribution in [2.24, 2.45) is 5.41 Å². The zero-order valence-electron chi connectivity index (χ0n) is 12.0. The molecular formula is C15H19N3O2S. The number of nitrogens with zero attached hydrogens (tertiary/aromatic N) is 3. The number of ether oxygens (including phenoxy) is 1. The summed E-state index contributed by atoms with van der Waals surface area (Å²) in [5.41, 5.74) is 1.90. The number of hydrogen-bond donors (Lipinski definition) is 1. The van der Waals surface area contributed by atoms with Crippen molar-refractivity contribution in [3.05, 3.63) is 42.2 Å². The summed E-state index contributed by atoms with van der Waals surface area (Å²) in [5.74, 6) is 0.878. The summed E-state index contributed by atoms with van der Waals surface area (Å²) in [4.78, 5) is 0. The molecule has 5 nitrogen and oxygen atoms in total. The smallest absolute Gasteiger partial charge is 0.0958 e. The monoisotopic (exact) mass is 305 g/mol. The van der Waals surface area contributed by atoms with E-state index in [1.807, 2.05) is 36.5 Å². The van der Waals surface area contributed by atoms with Crippen LogP contribution in [-0.4, -0.2) is 45.7 Å². The Bertz CT molecular complexity index is 578. The molecule has 0 bridgehead atoms. The minimum Gasteiger partial charge on any atom is -0.396 e. The first-order valence-corrected chi connectivity index (χ1v) is 8.05. The molecule has 3 rings (SSSR count). The molecule has 2 aromatic rings. The Balaban J connectivity index is 1.63. The van der Waals surface area contributed by atoms with Crippen LogP contribution in [0.3, 0.4) is 0 Å². The Hall–Kier alpha value is -1.37. The van der Waals surface area contributed by atoms with Crippen LogP contribution >= 0.6 is 11.8 Å². The Morgan fingerprint density at radius 2 is 2.14 bits per heavy atom. The average molecular weight is 305 g/mol. The standard InChI is InChI=1S/C15H19N3O2S/c1-12(21-11-15(8-19)9-20-10-15)14-7-18(17-16-14)13-5-3-2-4-6-13/h2-7,12,19H,8-11H2,1H3. The molecule has 1 N–H and O–H groups in total. The molecule has 1 aliphatic rings. The molecule has 1 aliphatic heterocycles. The van der Waals surface area contributed by atoms with E-state index in [4.69, 9.17) is 4.74 Å². The predicted molar refractivity (Wildman–Crippen MR) is 82.6 cm³/mol. The van der Waals surface area contributed by atoms with Gasteiger partial charge in [0.25, 0.3) is 0 Å². The minimum absolute atomic E-state index is 0.0612. The van der Waals surface area contributed by atoms with Crippen LogP contribution in [0, 0.1) is 5.41 Å². The molecule has 0 aliphatic carbocycles. The summed E-state index contributed by atoms with van der Waals surface area (Å²) in [6.45, 7) is 3.61. The topological polar surface area (TPSA) is 60.2 Å². The fraction of sp³-hybridized carbons (Fsp3) is 0.467. The largest absolute Gasteiger partial charge is 0.396 e.